The van der Waals surface area contributed by atoms with Crippen LogP contribution in [0.5, 0.6) is 0 Å². The Labute approximate surface area is 86.3 Å². The predicted octanol–water partition coefficient (Wildman–Crippen LogP) is 3.26. The number of para-hydroxylation sites is 1. The molecule has 14 heavy (non-hydrogen) atoms. The molecule has 1 aromatic carbocycles. The molecule has 0 aliphatic carbocycles. The molecule has 0 radical (unpaired) electrons. The number of anilines is 1. The molecule has 0 heterocycles. The second-order valence-electron chi connectivity index (χ2n) is 3.24. The number of ether oxygens (including phenoxy) is 1. The maximum Gasteiger partial charge on any atom is 0.127 e. The molecule has 0 saturated carbocycles. The molecular formula is C12H19NO. The van der Waals surface area contributed by atoms with Crippen LogP contribution in [0.2, 0.25) is 0 Å². The summed E-state index contributed by atoms with van der Waals surface area (Å²) in [6.07, 6.45) is 2.32. The van der Waals surface area contributed by atoms with Crippen molar-refractivity contribution in [3.05, 3.63) is 30.3 Å². The Morgan fingerprint density at radius 1 is 1.21 bits per heavy atom. The van der Waals surface area contributed by atoms with Gasteiger partial charge in [0, 0.05) is 12.3 Å². The van der Waals surface area contributed by atoms with Crippen LogP contribution in [0.4, 0.5) is 5.69 Å². The highest BCUT2D eigenvalue weighted by Crippen LogP contribution is 2.10. The molecule has 0 saturated heterocycles. The number of nitrogens with one attached hydrogen (secondary N) is 1. The van der Waals surface area contributed by atoms with Crippen molar-refractivity contribution in [2.45, 2.75) is 32.9 Å². The quantitative estimate of drug-likeness (QED) is 0.700. The van der Waals surface area contributed by atoms with Crippen molar-refractivity contribution < 1.29 is 4.74 Å². The fraction of sp³-hybridized carbons (Fsp3) is 0.500. The summed E-state index contributed by atoms with van der Waals surface area (Å²) in [5.74, 6) is 0. The fourth-order valence-electron chi connectivity index (χ4n) is 1.38. The lowest BCUT2D eigenvalue weighted by atomic mass is 10.2. The van der Waals surface area contributed by atoms with Crippen molar-refractivity contribution in [2.24, 2.45) is 0 Å². The third-order valence-electron chi connectivity index (χ3n) is 2.02. The van der Waals surface area contributed by atoms with Crippen LogP contribution in [0.15, 0.2) is 30.3 Å². The molecule has 2 nitrogen and oxygen atoms in total. The molecule has 1 unspecified atom stereocenters. The topological polar surface area (TPSA) is 21.3 Å². The first-order valence-corrected chi connectivity index (χ1v) is 5.30. The minimum Gasteiger partial charge on any atom is -0.360 e. The summed E-state index contributed by atoms with van der Waals surface area (Å²) >= 11 is 0. The molecule has 1 aromatic rings. The van der Waals surface area contributed by atoms with E-state index in [0.29, 0.717) is 0 Å². The smallest absolute Gasteiger partial charge is 0.127 e. The van der Waals surface area contributed by atoms with E-state index in [-0.39, 0.29) is 6.23 Å². The van der Waals surface area contributed by atoms with E-state index >= 15 is 0 Å². The molecule has 1 N–H and O–H groups in total. The van der Waals surface area contributed by atoms with Crippen LogP contribution in [0.25, 0.3) is 0 Å². The first-order chi connectivity index (χ1) is 6.86. The molecule has 2 heteroatoms. The van der Waals surface area contributed by atoms with Gasteiger partial charge in [0.1, 0.15) is 6.23 Å². The van der Waals surface area contributed by atoms with Crippen LogP contribution >= 0.6 is 0 Å². The summed E-state index contributed by atoms with van der Waals surface area (Å²) in [5.41, 5.74) is 1.12. The molecule has 0 aliphatic heterocycles. The summed E-state index contributed by atoms with van der Waals surface area (Å²) < 4.78 is 5.58. The Morgan fingerprint density at radius 2 is 1.93 bits per heavy atom. The van der Waals surface area contributed by atoms with Crippen molar-refractivity contribution in [3.63, 3.8) is 0 Å². The van der Waals surface area contributed by atoms with Crippen molar-refractivity contribution in [1.29, 1.82) is 0 Å². The molecule has 1 atom stereocenters. The molecule has 0 spiro atoms. The molecule has 0 aliphatic rings. The Bertz CT molecular complexity index is 229. The Hall–Kier alpha value is -1.02. The van der Waals surface area contributed by atoms with Gasteiger partial charge in [0.05, 0.1) is 0 Å². The number of benzene rings is 1. The van der Waals surface area contributed by atoms with Gasteiger partial charge in [-0.25, -0.2) is 0 Å². The lowest BCUT2D eigenvalue weighted by Crippen LogP contribution is -2.22. The number of hydrogen-bond donors (Lipinski definition) is 1. The average Bonchev–Trinajstić information content (AvgIpc) is 2.20. The van der Waals surface area contributed by atoms with E-state index in [1.165, 1.54) is 0 Å². The van der Waals surface area contributed by atoms with E-state index in [4.69, 9.17) is 4.74 Å². The molecule has 0 fully saturated rings. The zero-order valence-corrected chi connectivity index (χ0v) is 8.99. The van der Waals surface area contributed by atoms with Crippen molar-refractivity contribution >= 4 is 5.69 Å². The van der Waals surface area contributed by atoms with E-state index in [2.05, 4.69) is 24.4 Å². The standard InChI is InChI=1S/C12H19NO/c1-3-8-12(14-4-2)13-11-9-6-5-7-10-11/h5-7,9-10,12-13H,3-4,8H2,1-2H3. The van der Waals surface area contributed by atoms with Gasteiger partial charge in [0.15, 0.2) is 0 Å². The molecule has 0 amide bonds. The second-order valence-corrected chi connectivity index (χ2v) is 3.24. The van der Waals surface area contributed by atoms with Gasteiger partial charge >= 0.3 is 0 Å². The Balaban J connectivity index is 2.46. The number of hydrogen-bond acceptors (Lipinski definition) is 2. The van der Waals surface area contributed by atoms with Gasteiger partial charge in [-0.2, -0.15) is 0 Å². The van der Waals surface area contributed by atoms with Crippen molar-refractivity contribution in [1.82, 2.24) is 0 Å². The summed E-state index contributed by atoms with van der Waals surface area (Å²) in [6, 6.07) is 10.2. The summed E-state index contributed by atoms with van der Waals surface area (Å²) in [7, 11) is 0. The fourth-order valence-corrected chi connectivity index (χ4v) is 1.38. The first kappa shape index (κ1) is 11.1. The average molecular weight is 193 g/mol. The van der Waals surface area contributed by atoms with E-state index < -0.39 is 0 Å². The molecule has 78 valence electrons. The SMILES string of the molecule is CCCC(Nc1ccccc1)OCC. The van der Waals surface area contributed by atoms with Gasteiger partial charge in [0.25, 0.3) is 0 Å². The summed E-state index contributed by atoms with van der Waals surface area (Å²) in [5, 5.41) is 3.36. The van der Waals surface area contributed by atoms with Crippen LogP contribution < -0.4 is 5.32 Å². The van der Waals surface area contributed by atoms with E-state index in [0.717, 1.165) is 25.1 Å². The van der Waals surface area contributed by atoms with Gasteiger partial charge in [-0.3, -0.25) is 0 Å². The van der Waals surface area contributed by atoms with E-state index in [1.54, 1.807) is 0 Å². The number of rotatable bonds is 6. The third kappa shape index (κ3) is 3.79. The maximum atomic E-state index is 5.58. The highest BCUT2D eigenvalue weighted by Gasteiger charge is 2.05. The van der Waals surface area contributed by atoms with Crippen LogP contribution in [0, 0.1) is 0 Å². The normalized spacial score (nSPS) is 12.4. The van der Waals surface area contributed by atoms with Crippen LogP contribution in [0.1, 0.15) is 26.7 Å². The zero-order chi connectivity index (χ0) is 10.2. The van der Waals surface area contributed by atoms with Crippen molar-refractivity contribution in [2.75, 3.05) is 11.9 Å². The highest BCUT2D eigenvalue weighted by atomic mass is 16.5. The summed E-state index contributed by atoms with van der Waals surface area (Å²) in [6.45, 7) is 4.94. The third-order valence-corrected chi connectivity index (χ3v) is 2.02. The van der Waals surface area contributed by atoms with E-state index in [9.17, 15) is 0 Å². The van der Waals surface area contributed by atoms with Gasteiger partial charge in [-0.1, -0.05) is 31.5 Å². The molecule has 0 bridgehead atoms. The Morgan fingerprint density at radius 3 is 2.50 bits per heavy atom. The predicted molar refractivity (Wildman–Crippen MR) is 60.4 cm³/mol. The largest absolute Gasteiger partial charge is 0.360 e. The Kier molecular flexibility index (Phi) is 5.08. The lowest BCUT2D eigenvalue weighted by molar-refractivity contribution is 0.0762. The minimum absolute atomic E-state index is 0.146. The minimum atomic E-state index is 0.146. The van der Waals surface area contributed by atoms with Crippen LogP contribution in [0.3, 0.4) is 0 Å². The molecule has 1 rings (SSSR count). The van der Waals surface area contributed by atoms with Gasteiger partial charge in [-0.05, 0) is 25.5 Å². The molecule has 0 aromatic heterocycles. The second kappa shape index (κ2) is 6.44. The van der Waals surface area contributed by atoms with Gasteiger partial charge < -0.3 is 10.1 Å². The van der Waals surface area contributed by atoms with Crippen LogP contribution in [-0.2, 0) is 4.74 Å². The highest BCUT2D eigenvalue weighted by molar-refractivity contribution is 5.42. The lowest BCUT2D eigenvalue weighted by Gasteiger charge is -2.18. The zero-order valence-electron chi connectivity index (χ0n) is 8.99. The molecular weight excluding hydrogens is 174 g/mol. The van der Waals surface area contributed by atoms with Crippen LogP contribution in [-0.4, -0.2) is 12.8 Å². The van der Waals surface area contributed by atoms with Crippen molar-refractivity contribution in [3.8, 4) is 0 Å². The van der Waals surface area contributed by atoms with E-state index in [1.807, 2.05) is 25.1 Å². The monoisotopic (exact) mass is 193 g/mol. The van der Waals surface area contributed by atoms with Gasteiger partial charge in [0.2, 0.25) is 0 Å². The summed E-state index contributed by atoms with van der Waals surface area (Å²) in [4.78, 5) is 0. The maximum absolute atomic E-state index is 5.58. The first-order valence-electron chi connectivity index (χ1n) is 5.30. The van der Waals surface area contributed by atoms with Gasteiger partial charge in [-0.15, -0.1) is 0 Å².